The van der Waals surface area contributed by atoms with Gasteiger partial charge in [0.25, 0.3) is 5.91 Å². The van der Waals surface area contributed by atoms with Crippen LogP contribution in [0.2, 0.25) is 0 Å². The van der Waals surface area contributed by atoms with Crippen molar-refractivity contribution in [2.24, 2.45) is 0 Å². The third-order valence-corrected chi connectivity index (χ3v) is 6.30. The molecule has 2 aromatic carbocycles. The van der Waals surface area contributed by atoms with Crippen LogP contribution < -0.4 is 5.32 Å². The van der Waals surface area contributed by atoms with Crippen LogP contribution in [-0.4, -0.2) is 36.0 Å². The number of nitrogens with zero attached hydrogens (tertiary/aromatic N) is 1. The van der Waals surface area contributed by atoms with Gasteiger partial charge in [-0.1, -0.05) is 42.1 Å². The van der Waals surface area contributed by atoms with E-state index in [0.717, 1.165) is 42.8 Å². The van der Waals surface area contributed by atoms with E-state index in [0.29, 0.717) is 12.1 Å². The first-order valence-corrected chi connectivity index (χ1v) is 10.00. The Balaban J connectivity index is 1.62. The van der Waals surface area contributed by atoms with Gasteiger partial charge >= 0.3 is 0 Å². The molecule has 2 aliphatic rings. The minimum Gasteiger partial charge on any atom is -0.331 e. The van der Waals surface area contributed by atoms with E-state index in [1.807, 2.05) is 36.4 Å². The average Bonchev–Trinajstić information content (AvgIpc) is 3.13. The second kappa shape index (κ2) is 7.63. The molecule has 1 aliphatic carbocycles. The van der Waals surface area contributed by atoms with Gasteiger partial charge in [0.05, 0.1) is 5.56 Å². The van der Waals surface area contributed by atoms with Crippen molar-refractivity contribution in [2.45, 2.75) is 47.6 Å². The van der Waals surface area contributed by atoms with E-state index in [1.54, 1.807) is 11.8 Å². The Kier molecular flexibility index (Phi) is 5.09. The van der Waals surface area contributed by atoms with Crippen LogP contribution in [0.1, 0.15) is 36.0 Å². The zero-order valence-electron chi connectivity index (χ0n) is 14.4. The summed E-state index contributed by atoms with van der Waals surface area (Å²) in [5.74, 6) is 0.206. The number of carbonyl (C=O) groups is 1. The summed E-state index contributed by atoms with van der Waals surface area (Å²) in [5.41, 5.74) is 0.843. The summed E-state index contributed by atoms with van der Waals surface area (Å²) < 4.78 is 0. The number of hydrogen-bond acceptors (Lipinski definition) is 3. The molecule has 4 rings (SSSR count). The van der Waals surface area contributed by atoms with Gasteiger partial charge in [-0.05, 0) is 56.5 Å². The van der Waals surface area contributed by atoms with Gasteiger partial charge in [0.15, 0.2) is 0 Å². The Morgan fingerprint density at radius 2 is 1.72 bits per heavy atom. The molecule has 1 N–H and O–H groups in total. The molecular formula is C21H24N2OS. The Labute approximate surface area is 153 Å². The lowest BCUT2D eigenvalue weighted by Gasteiger charge is -2.41. The molecule has 1 unspecified atom stereocenters. The molecule has 1 saturated heterocycles. The molecule has 1 atom stereocenters. The third-order valence-electron chi connectivity index (χ3n) is 5.22. The van der Waals surface area contributed by atoms with E-state index in [9.17, 15) is 4.79 Å². The maximum atomic E-state index is 13.5. The second-order valence-corrected chi connectivity index (χ2v) is 7.97. The number of rotatable bonds is 5. The SMILES string of the molecule is O=C(c1ccccc1Sc1ccccc1)N(C1CCC1)C1CCNC1. The quantitative estimate of drug-likeness (QED) is 0.875. The Morgan fingerprint density at radius 1 is 0.960 bits per heavy atom. The predicted molar refractivity (Wildman–Crippen MR) is 102 cm³/mol. The lowest BCUT2D eigenvalue weighted by atomic mass is 9.89. The summed E-state index contributed by atoms with van der Waals surface area (Å²) in [5, 5.41) is 3.42. The summed E-state index contributed by atoms with van der Waals surface area (Å²) >= 11 is 1.68. The van der Waals surface area contributed by atoms with Crippen LogP contribution >= 0.6 is 11.8 Å². The van der Waals surface area contributed by atoms with E-state index in [1.165, 1.54) is 11.3 Å². The maximum absolute atomic E-state index is 13.5. The van der Waals surface area contributed by atoms with Crippen molar-refractivity contribution in [2.75, 3.05) is 13.1 Å². The zero-order chi connectivity index (χ0) is 17.1. The average molecular weight is 353 g/mol. The van der Waals surface area contributed by atoms with E-state index < -0.39 is 0 Å². The molecule has 0 bridgehead atoms. The monoisotopic (exact) mass is 352 g/mol. The van der Waals surface area contributed by atoms with Gasteiger partial charge in [0.1, 0.15) is 0 Å². The molecule has 0 radical (unpaired) electrons. The maximum Gasteiger partial charge on any atom is 0.255 e. The molecule has 1 heterocycles. The molecule has 25 heavy (non-hydrogen) atoms. The van der Waals surface area contributed by atoms with Crippen LogP contribution in [0.15, 0.2) is 64.4 Å². The molecule has 2 aromatic rings. The highest BCUT2D eigenvalue weighted by atomic mass is 32.2. The van der Waals surface area contributed by atoms with Gasteiger partial charge < -0.3 is 10.2 Å². The first kappa shape index (κ1) is 16.7. The summed E-state index contributed by atoms with van der Waals surface area (Å²) in [6, 6.07) is 19.1. The fourth-order valence-electron chi connectivity index (χ4n) is 3.66. The highest BCUT2D eigenvalue weighted by molar-refractivity contribution is 7.99. The molecule has 1 amide bonds. The number of benzene rings is 2. The second-order valence-electron chi connectivity index (χ2n) is 6.86. The highest BCUT2D eigenvalue weighted by Crippen LogP contribution is 2.34. The van der Waals surface area contributed by atoms with E-state index >= 15 is 0 Å². The van der Waals surface area contributed by atoms with E-state index in [2.05, 4.69) is 28.4 Å². The molecule has 0 aromatic heterocycles. The fraction of sp³-hybridized carbons (Fsp3) is 0.381. The van der Waals surface area contributed by atoms with Crippen LogP contribution in [0.3, 0.4) is 0 Å². The summed E-state index contributed by atoms with van der Waals surface area (Å²) in [6.45, 7) is 1.94. The molecule has 1 saturated carbocycles. The van der Waals surface area contributed by atoms with E-state index in [4.69, 9.17) is 0 Å². The van der Waals surface area contributed by atoms with Crippen molar-refractivity contribution >= 4 is 17.7 Å². The molecule has 2 fully saturated rings. The van der Waals surface area contributed by atoms with Gasteiger partial charge in [0.2, 0.25) is 0 Å². The normalized spacial score (nSPS) is 20.2. The van der Waals surface area contributed by atoms with Crippen LogP contribution in [0.25, 0.3) is 0 Å². The summed E-state index contributed by atoms with van der Waals surface area (Å²) in [4.78, 5) is 17.9. The van der Waals surface area contributed by atoms with Crippen LogP contribution in [0, 0.1) is 0 Å². The van der Waals surface area contributed by atoms with Crippen molar-refractivity contribution in [3.8, 4) is 0 Å². The predicted octanol–water partition coefficient (Wildman–Crippen LogP) is 4.19. The minimum atomic E-state index is 0.206. The fourth-order valence-corrected chi connectivity index (χ4v) is 4.62. The lowest BCUT2D eigenvalue weighted by molar-refractivity contribution is 0.0462. The van der Waals surface area contributed by atoms with Crippen LogP contribution in [0.4, 0.5) is 0 Å². The van der Waals surface area contributed by atoms with Crippen molar-refractivity contribution in [1.29, 1.82) is 0 Å². The van der Waals surface area contributed by atoms with Gasteiger partial charge in [-0.3, -0.25) is 4.79 Å². The first-order chi connectivity index (χ1) is 12.3. The smallest absolute Gasteiger partial charge is 0.255 e. The number of amides is 1. The van der Waals surface area contributed by atoms with Gasteiger partial charge in [0, 0.05) is 28.4 Å². The summed E-state index contributed by atoms with van der Waals surface area (Å²) in [7, 11) is 0. The van der Waals surface area contributed by atoms with E-state index in [-0.39, 0.29) is 5.91 Å². The first-order valence-electron chi connectivity index (χ1n) is 9.18. The Bertz CT molecular complexity index is 724. The topological polar surface area (TPSA) is 32.3 Å². The van der Waals surface area contributed by atoms with Crippen LogP contribution in [0.5, 0.6) is 0 Å². The Morgan fingerprint density at radius 3 is 2.40 bits per heavy atom. The van der Waals surface area contributed by atoms with Crippen molar-refractivity contribution in [3.05, 3.63) is 60.2 Å². The zero-order valence-corrected chi connectivity index (χ0v) is 15.2. The van der Waals surface area contributed by atoms with Crippen molar-refractivity contribution < 1.29 is 4.79 Å². The highest BCUT2D eigenvalue weighted by Gasteiger charge is 2.36. The molecule has 1 aliphatic heterocycles. The Hall–Kier alpha value is -1.78. The number of hydrogen-bond donors (Lipinski definition) is 1. The standard InChI is InChI=1S/C21H24N2OS/c24-21(23(16-7-6-8-16)17-13-14-22-15-17)19-11-4-5-12-20(19)25-18-9-2-1-3-10-18/h1-5,9-12,16-17,22H,6-8,13-15H2. The van der Waals surface area contributed by atoms with Gasteiger partial charge in [-0.15, -0.1) is 0 Å². The molecule has 4 heteroatoms. The molecule has 3 nitrogen and oxygen atoms in total. The molecular weight excluding hydrogens is 328 g/mol. The number of nitrogens with one attached hydrogen (secondary N) is 1. The number of carbonyl (C=O) groups excluding carboxylic acids is 1. The van der Waals surface area contributed by atoms with Crippen LogP contribution in [-0.2, 0) is 0 Å². The molecule has 0 spiro atoms. The van der Waals surface area contributed by atoms with Gasteiger partial charge in [-0.2, -0.15) is 0 Å². The van der Waals surface area contributed by atoms with Gasteiger partial charge in [-0.25, -0.2) is 0 Å². The van der Waals surface area contributed by atoms with Crippen molar-refractivity contribution in [3.63, 3.8) is 0 Å². The third kappa shape index (κ3) is 3.60. The lowest BCUT2D eigenvalue weighted by Crippen LogP contribution is -2.51. The van der Waals surface area contributed by atoms with Crippen molar-refractivity contribution in [1.82, 2.24) is 10.2 Å². The largest absolute Gasteiger partial charge is 0.331 e. The minimum absolute atomic E-state index is 0.206. The summed E-state index contributed by atoms with van der Waals surface area (Å²) in [6.07, 6.45) is 4.61. The molecule has 130 valence electrons.